The van der Waals surface area contributed by atoms with Crippen LogP contribution in [0.2, 0.25) is 0 Å². The van der Waals surface area contributed by atoms with Gasteiger partial charge in [-0.05, 0) is 70.7 Å². The van der Waals surface area contributed by atoms with Gasteiger partial charge in [0.25, 0.3) is 0 Å². The van der Waals surface area contributed by atoms with Crippen molar-refractivity contribution in [2.24, 2.45) is 11.8 Å². The Kier molecular flexibility index (Phi) is 11.0. The van der Waals surface area contributed by atoms with Crippen molar-refractivity contribution < 1.29 is 0 Å². The van der Waals surface area contributed by atoms with E-state index in [1.165, 1.54) is 45.3 Å². The zero-order valence-corrected chi connectivity index (χ0v) is 12.8. The molecule has 0 saturated heterocycles. The average Bonchev–Trinajstić information content (AvgIpc) is 2.26. The normalized spacial score (nSPS) is 12.0. The van der Waals surface area contributed by atoms with Gasteiger partial charge in [-0.2, -0.15) is 0 Å². The summed E-state index contributed by atoms with van der Waals surface area (Å²) in [6.45, 7) is 14.3. The Morgan fingerprint density at radius 1 is 0.824 bits per heavy atom. The largest absolute Gasteiger partial charge is 0.320 e. The van der Waals surface area contributed by atoms with Gasteiger partial charge in [0.2, 0.25) is 0 Å². The van der Waals surface area contributed by atoms with Crippen LogP contribution < -0.4 is 5.32 Å². The number of hydrogen-bond donors (Lipinski definition) is 1. The predicted octanol–water partition coefficient (Wildman–Crippen LogP) is 3.38. The maximum absolute atomic E-state index is 3.22. The Balaban J connectivity index is 3.75. The molecule has 0 unspecified atom stereocenters. The highest BCUT2D eigenvalue weighted by Crippen LogP contribution is 2.07. The molecule has 0 atom stereocenters. The summed E-state index contributed by atoms with van der Waals surface area (Å²) >= 11 is 0. The Labute approximate surface area is 109 Å². The zero-order valence-electron chi connectivity index (χ0n) is 12.8. The summed E-state index contributed by atoms with van der Waals surface area (Å²) in [4.78, 5) is 2.66. The first-order valence-electron chi connectivity index (χ1n) is 7.43. The molecule has 0 aliphatic carbocycles. The molecule has 0 fully saturated rings. The van der Waals surface area contributed by atoms with Crippen LogP contribution in [0.3, 0.4) is 0 Å². The van der Waals surface area contributed by atoms with Crippen molar-refractivity contribution in [2.75, 3.05) is 33.2 Å². The quantitative estimate of drug-likeness (QED) is 0.559. The minimum absolute atomic E-state index is 0.828. The summed E-state index contributed by atoms with van der Waals surface area (Å²) in [5.41, 5.74) is 0. The van der Waals surface area contributed by atoms with Crippen LogP contribution in [0, 0.1) is 11.8 Å². The first kappa shape index (κ1) is 16.9. The summed E-state index contributed by atoms with van der Waals surface area (Å²) in [6, 6.07) is 0. The highest BCUT2D eigenvalue weighted by Gasteiger charge is 2.06. The number of nitrogens with zero attached hydrogens (tertiary/aromatic N) is 1. The molecular formula is C15H34N2. The monoisotopic (exact) mass is 242 g/mol. The van der Waals surface area contributed by atoms with Gasteiger partial charge >= 0.3 is 0 Å². The van der Waals surface area contributed by atoms with Gasteiger partial charge in [0, 0.05) is 0 Å². The molecule has 1 N–H and O–H groups in total. The van der Waals surface area contributed by atoms with E-state index in [0.717, 1.165) is 18.4 Å². The van der Waals surface area contributed by atoms with E-state index in [4.69, 9.17) is 0 Å². The van der Waals surface area contributed by atoms with Crippen LogP contribution in [-0.4, -0.2) is 38.1 Å². The molecule has 0 aromatic heterocycles. The Hall–Kier alpha value is -0.0800. The lowest BCUT2D eigenvalue weighted by Crippen LogP contribution is -2.29. The van der Waals surface area contributed by atoms with Gasteiger partial charge in [-0.3, -0.25) is 0 Å². The average molecular weight is 242 g/mol. The molecule has 0 spiro atoms. The molecule has 0 saturated carbocycles. The third-order valence-corrected chi connectivity index (χ3v) is 3.20. The maximum atomic E-state index is 3.22. The number of nitrogens with one attached hydrogen (secondary N) is 1. The van der Waals surface area contributed by atoms with Gasteiger partial charge in [0.1, 0.15) is 0 Å². The van der Waals surface area contributed by atoms with Crippen LogP contribution in [-0.2, 0) is 0 Å². The van der Waals surface area contributed by atoms with E-state index in [9.17, 15) is 0 Å². The summed E-state index contributed by atoms with van der Waals surface area (Å²) < 4.78 is 0. The molecule has 0 bridgehead atoms. The second-order valence-electron chi connectivity index (χ2n) is 6.02. The van der Waals surface area contributed by atoms with Crippen molar-refractivity contribution in [3.05, 3.63) is 0 Å². The van der Waals surface area contributed by atoms with E-state index >= 15 is 0 Å². The fourth-order valence-corrected chi connectivity index (χ4v) is 1.85. The maximum Gasteiger partial charge on any atom is -0.00163 e. The Bertz CT molecular complexity index is 143. The van der Waals surface area contributed by atoms with E-state index < -0.39 is 0 Å². The highest BCUT2D eigenvalue weighted by atomic mass is 15.1. The molecule has 2 nitrogen and oxygen atoms in total. The molecule has 17 heavy (non-hydrogen) atoms. The summed E-state index contributed by atoms with van der Waals surface area (Å²) in [6.07, 6.45) is 5.31. The number of hydrogen-bond acceptors (Lipinski definition) is 2. The summed E-state index contributed by atoms with van der Waals surface area (Å²) in [5, 5.41) is 3.22. The SMILES string of the molecule is CNCCCCN(CCC(C)C)CCC(C)C. The first-order valence-corrected chi connectivity index (χ1v) is 7.43. The standard InChI is InChI=1S/C15H34N2/c1-14(2)8-12-17(13-9-15(3)4)11-7-6-10-16-5/h14-16H,6-13H2,1-5H3. The van der Waals surface area contributed by atoms with Crippen molar-refractivity contribution in [2.45, 2.75) is 53.4 Å². The molecule has 0 aliphatic heterocycles. The summed E-state index contributed by atoms with van der Waals surface area (Å²) in [7, 11) is 2.04. The van der Waals surface area contributed by atoms with Crippen molar-refractivity contribution in [1.82, 2.24) is 10.2 Å². The van der Waals surface area contributed by atoms with Crippen molar-refractivity contribution >= 4 is 0 Å². The fourth-order valence-electron chi connectivity index (χ4n) is 1.85. The van der Waals surface area contributed by atoms with Crippen molar-refractivity contribution in [1.29, 1.82) is 0 Å². The molecule has 104 valence electrons. The smallest absolute Gasteiger partial charge is 0.00163 e. The van der Waals surface area contributed by atoms with Crippen LogP contribution in [0.5, 0.6) is 0 Å². The van der Waals surface area contributed by atoms with E-state index in [1.54, 1.807) is 0 Å². The molecule has 0 radical (unpaired) electrons. The van der Waals surface area contributed by atoms with Crippen molar-refractivity contribution in [3.8, 4) is 0 Å². The molecule has 0 aromatic rings. The van der Waals surface area contributed by atoms with Gasteiger partial charge < -0.3 is 10.2 Å². The molecule has 0 amide bonds. The van der Waals surface area contributed by atoms with Gasteiger partial charge in [-0.25, -0.2) is 0 Å². The topological polar surface area (TPSA) is 15.3 Å². The third kappa shape index (κ3) is 12.2. The van der Waals surface area contributed by atoms with Gasteiger partial charge in [0.05, 0.1) is 0 Å². The lowest BCUT2D eigenvalue weighted by atomic mass is 10.1. The predicted molar refractivity (Wildman–Crippen MR) is 78.5 cm³/mol. The van der Waals surface area contributed by atoms with E-state index in [0.29, 0.717) is 0 Å². The minimum atomic E-state index is 0.828. The van der Waals surface area contributed by atoms with Crippen LogP contribution >= 0.6 is 0 Å². The molecule has 0 aromatic carbocycles. The highest BCUT2D eigenvalue weighted by molar-refractivity contribution is 4.61. The van der Waals surface area contributed by atoms with Crippen LogP contribution in [0.1, 0.15) is 53.4 Å². The molecule has 2 heteroatoms. The second kappa shape index (κ2) is 11.0. The lowest BCUT2D eigenvalue weighted by Gasteiger charge is -2.24. The fraction of sp³-hybridized carbons (Fsp3) is 1.00. The summed E-state index contributed by atoms with van der Waals surface area (Å²) in [5.74, 6) is 1.66. The van der Waals surface area contributed by atoms with Crippen molar-refractivity contribution in [3.63, 3.8) is 0 Å². The van der Waals surface area contributed by atoms with Gasteiger partial charge in [0.15, 0.2) is 0 Å². The minimum Gasteiger partial charge on any atom is -0.320 e. The van der Waals surface area contributed by atoms with E-state index in [1.807, 2.05) is 7.05 Å². The molecule has 0 aliphatic rings. The number of rotatable bonds is 11. The van der Waals surface area contributed by atoms with Crippen LogP contribution in [0.4, 0.5) is 0 Å². The third-order valence-electron chi connectivity index (χ3n) is 3.20. The van der Waals surface area contributed by atoms with Gasteiger partial charge in [-0.15, -0.1) is 0 Å². The van der Waals surface area contributed by atoms with Gasteiger partial charge in [-0.1, -0.05) is 27.7 Å². The Morgan fingerprint density at radius 2 is 1.35 bits per heavy atom. The van der Waals surface area contributed by atoms with Crippen LogP contribution in [0.25, 0.3) is 0 Å². The zero-order chi connectivity index (χ0) is 13.1. The van der Waals surface area contributed by atoms with Crippen LogP contribution in [0.15, 0.2) is 0 Å². The molecule has 0 heterocycles. The Morgan fingerprint density at radius 3 is 1.76 bits per heavy atom. The molecule has 0 rings (SSSR count). The van der Waals surface area contributed by atoms with E-state index in [2.05, 4.69) is 37.9 Å². The second-order valence-corrected chi connectivity index (χ2v) is 6.02. The van der Waals surface area contributed by atoms with E-state index in [-0.39, 0.29) is 0 Å². The number of unbranched alkanes of at least 4 members (excludes halogenated alkanes) is 1. The molecular weight excluding hydrogens is 208 g/mol. The first-order chi connectivity index (χ1) is 8.06. The lowest BCUT2D eigenvalue weighted by molar-refractivity contribution is 0.239.